The lowest BCUT2D eigenvalue weighted by atomic mass is 10.2. The van der Waals surface area contributed by atoms with E-state index in [0.717, 1.165) is 11.3 Å². The molecule has 0 spiro atoms. The molecule has 0 unspecified atom stereocenters. The lowest BCUT2D eigenvalue weighted by Gasteiger charge is -2.18. The van der Waals surface area contributed by atoms with Gasteiger partial charge in [0.1, 0.15) is 13.2 Å². The van der Waals surface area contributed by atoms with Gasteiger partial charge in [0.2, 0.25) is 5.96 Å². The summed E-state index contributed by atoms with van der Waals surface area (Å²) >= 11 is 0. The van der Waals surface area contributed by atoms with E-state index in [4.69, 9.17) is 20.9 Å². The van der Waals surface area contributed by atoms with Crippen molar-refractivity contribution in [1.29, 1.82) is 0 Å². The molecular formula is C10H12N4O2. The molecule has 0 radical (unpaired) electrons. The highest BCUT2D eigenvalue weighted by Gasteiger charge is 2.10. The van der Waals surface area contributed by atoms with Crippen LogP contribution in [-0.2, 0) is 0 Å². The second-order valence-corrected chi connectivity index (χ2v) is 3.17. The number of guanidine groups is 1. The maximum absolute atomic E-state index is 5.42. The average molecular weight is 220 g/mol. The van der Waals surface area contributed by atoms with Crippen LogP contribution in [0, 0.1) is 0 Å². The summed E-state index contributed by atoms with van der Waals surface area (Å²) in [6.45, 7) is 1.13. The van der Waals surface area contributed by atoms with E-state index in [2.05, 4.69) is 10.2 Å². The van der Waals surface area contributed by atoms with Crippen molar-refractivity contribution in [3.8, 4) is 11.5 Å². The van der Waals surface area contributed by atoms with E-state index in [1.54, 1.807) is 0 Å². The lowest BCUT2D eigenvalue weighted by molar-refractivity contribution is 0.171. The van der Waals surface area contributed by atoms with Gasteiger partial charge in [-0.15, -0.1) is 5.10 Å². The molecule has 0 amide bonds. The standard InChI is InChI=1S/C10H12N4O2/c11-10(12)14-13-6-7-1-2-8-9(5-7)16-4-3-15-8/h1-2,5-6H,3-4H2,(H4,11,12,14)/b13-6+. The van der Waals surface area contributed by atoms with Crippen LogP contribution in [-0.4, -0.2) is 25.4 Å². The molecule has 4 N–H and O–H groups in total. The zero-order chi connectivity index (χ0) is 11.4. The fourth-order valence-corrected chi connectivity index (χ4v) is 1.30. The van der Waals surface area contributed by atoms with E-state index in [1.807, 2.05) is 18.2 Å². The lowest BCUT2D eigenvalue weighted by Crippen LogP contribution is -2.21. The molecule has 1 heterocycles. The molecule has 0 fully saturated rings. The number of rotatable bonds is 2. The van der Waals surface area contributed by atoms with Gasteiger partial charge in [0, 0.05) is 0 Å². The Balaban J connectivity index is 2.17. The van der Waals surface area contributed by atoms with Crippen LogP contribution in [0.4, 0.5) is 0 Å². The quantitative estimate of drug-likeness (QED) is 0.418. The Morgan fingerprint density at radius 1 is 1.19 bits per heavy atom. The Morgan fingerprint density at radius 2 is 1.94 bits per heavy atom. The highest BCUT2D eigenvalue weighted by molar-refractivity contribution is 5.82. The number of hydrogen-bond acceptors (Lipinski definition) is 4. The van der Waals surface area contributed by atoms with Gasteiger partial charge in [0.15, 0.2) is 11.5 Å². The number of hydrogen-bond donors (Lipinski definition) is 2. The van der Waals surface area contributed by atoms with Crippen molar-refractivity contribution in [2.24, 2.45) is 21.7 Å². The first kappa shape index (κ1) is 10.3. The third-order valence-corrected chi connectivity index (χ3v) is 1.95. The SMILES string of the molecule is NC(N)=N/N=C/c1ccc2c(c1)OCCO2. The van der Waals surface area contributed by atoms with Crippen LogP contribution in [0.15, 0.2) is 28.4 Å². The predicted molar refractivity (Wildman–Crippen MR) is 60.8 cm³/mol. The van der Waals surface area contributed by atoms with Crippen LogP contribution in [0.5, 0.6) is 11.5 Å². The van der Waals surface area contributed by atoms with Crippen molar-refractivity contribution >= 4 is 12.2 Å². The third kappa shape index (κ3) is 2.41. The van der Waals surface area contributed by atoms with Gasteiger partial charge in [-0.1, -0.05) is 0 Å². The van der Waals surface area contributed by atoms with Crippen LogP contribution in [0.1, 0.15) is 5.56 Å². The maximum Gasteiger partial charge on any atom is 0.211 e. The minimum Gasteiger partial charge on any atom is -0.486 e. The van der Waals surface area contributed by atoms with E-state index in [-0.39, 0.29) is 5.96 Å². The zero-order valence-electron chi connectivity index (χ0n) is 8.59. The monoisotopic (exact) mass is 220 g/mol. The van der Waals surface area contributed by atoms with Gasteiger partial charge in [-0.05, 0) is 23.8 Å². The van der Waals surface area contributed by atoms with Gasteiger partial charge in [-0.2, -0.15) is 5.10 Å². The van der Waals surface area contributed by atoms with E-state index in [0.29, 0.717) is 19.0 Å². The number of fused-ring (bicyclic) bond motifs is 1. The number of nitrogens with two attached hydrogens (primary N) is 2. The summed E-state index contributed by atoms with van der Waals surface area (Å²) in [6, 6.07) is 5.49. The smallest absolute Gasteiger partial charge is 0.211 e. The van der Waals surface area contributed by atoms with Crippen LogP contribution in [0.2, 0.25) is 0 Å². The summed E-state index contributed by atoms with van der Waals surface area (Å²) in [5.74, 6) is 1.37. The van der Waals surface area contributed by atoms with Crippen molar-refractivity contribution in [1.82, 2.24) is 0 Å². The molecule has 1 aliphatic rings. The molecule has 2 rings (SSSR count). The second-order valence-electron chi connectivity index (χ2n) is 3.17. The summed E-state index contributed by atoms with van der Waals surface area (Å²) in [6.07, 6.45) is 1.54. The molecule has 0 aromatic heterocycles. The Hall–Kier alpha value is -2.24. The minimum absolute atomic E-state index is 0.0752. The van der Waals surface area contributed by atoms with Gasteiger partial charge in [-0.3, -0.25) is 0 Å². The van der Waals surface area contributed by atoms with Crippen LogP contribution in [0.25, 0.3) is 0 Å². The van der Waals surface area contributed by atoms with Crippen molar-refractivity contribution in [2.45, 2.75) is 0 Å². The molecule has 1 aromatic rings. The van der Waals surface area contributed by atoms with Crippen molar-refractivity contribution in [2.75, 3.05) is 13.2 Å². The van der Waals surface area contributed by atoms with E-state index < -0.39 is 0 Å². The minimum atomic E-state index is -0.0752. The molecule has 0 aliphatic carbocycles. The Labute approximate surface area is 92.6 Å². The first-order valence-corrected chi connectivity index (χ1v) is 4.77. The summed E-state index contributed by atoms with van der Waals surface area (Å²) in [5.41, 5.74) is 11.1. The van der Waals surface area contributed by atoms with Crippen LogP contribution < -0.4 is 20.9 Å². The fraction of sp³-hybridized carbons (Fsp3) is 0.200. The van der Waals surface area contributed by atoms with Gasteiger partial charge >= 0.3 is 0 Å². The van der Waals surface area contributed by atoms with Crippen LogP contribution >= 0.6 is 0 Å². The number of ether oxygens (including phenoxy) is 2. The first-order chi connectivity index (χ1) is 7.75. The number of nitrogens with zero attached hydrogens (tertiary/aromatic N) is 2. The molecule has 1 aliphatic heterocycles. The number of benzene rings is 1. The van der Waals surface area contributed by atoms with Crippen molar-refractivity contribution < 1.29 is 9.47 Å². The summed E-state index contributed by atoms with van der Waals surface area (Å²) in [5, 5.41) is 7.21. The first-order valence-electron chi connectivity index (χ1n) is 4.77. The van der Waals surface area contributed by atoms with Gasteiger partial charge < -0.3 is 20.9 Å². The maximum atomic E-state index is 5.42. The average Bonchev–Trinajstić information content (AvgIpc) is 2.28. The van der Waals surface area contributed by atoms with Gasteiger partial charge in [0.05, 0.1) is 6.21 Å². The molecular weight excluding hydrogens is 208 g/mol. The Morgan fingerprint density at radius 3 is 2.69 bits per heavy atom. The Bertz CT molecular complexity index is 438. The molecule has 0 atom stereocenters. The molecule has 84 valence electrons. The van der Waals surface area contributed by atoms with E-state index in [9.17, 15) is 0 Å². The molecule has 6 heteroatoms. The molecule has 6 nitrogen and oxygen atoms in total. The summed E-state index contributed by atoms with van der Waals surface area (Å²) < 4.78 is 10.8. The van der Waals surface area contributed by atoms with Crippen LogP contribution in [0.3, 0.4) is 0 Å². The summed E-state index contributed by atoms with van der Waals surface area (Å²) in [7, 11) is 0. The van der Waals surface area contributed by atoms with Crippen molar-refractivity contribution in [3.05, 3.63) is 23.8 Å². The predicted octanol–water partition coefficient (Wildman–Crippen LogP) is 0.0651. The topological polar surface area (TPSA) is 95.2 Å². The second kappa shape index (κ2) is 4.52. The van der Waals surface area contributed by atoms with Gasteiger partial charge in [0.25, 0.3) is 0 Å². The van der Waals surface area contributed by atoms with E-state index >= 15 is 0 Å². The fourth-order valence-electron chi connectivity index (χ4n) is 1.30. The third-order valence-electron chi connectivity index (χ3n) is 1.95. The van der Waals surface area contributed by atoms with E-state index in [1.165, 1.54) is 6.21 Å². The highest BCUT2D eigenvalue weighted by Crippen LogP contribution is 2.30. The molecule has 16 heavy (non-hydrogen) atoms. The van der Waals surface area contributed by atoms with Gasteiger partial charge in [-0.25, -0.2) is 0 Å². The largest absolute Gasteiger partial charge is 0.486 e. The summed E-state index contributed by atoms with van der Waals surface area (Å²) in [4.78, 5) is 0. The zero-order valence-corrected chi connectivity index (χ0v) is 8.59. The normalized spacial score (nSPS) is 13.8. The molecule has 0 saturated carbocycles. The Kier molecular flexibility index (Phi) is 2.90. The molecule has 0 bridgehead atoms. The highest BCUT2D eigenvalue weighted by atomic mass is 16.6. The molecule has 1 aromatic carbocycles. The molecule has 0 saturated heterocycles. The van der Waals surface area contributed by atoms with Crippen molar-refractivity contribution in [3.63, 3.8) is 0 Å².